The number of hydrogen-bond acceptors (Lipinski definition) is 4. The Morgan fingerprint density at radius 3 is 2.67 bits per heavy atom. The molecule has 0 atom stereocenters. The van der Waals surface area contributed by atoms with Crippen LogP contribution < -0.4 is 5.43 Å². The summed E-state index contributed by atoms with van der Waals surface area (Å²) in [5.74, 6) is -0.459. The SMILES string of the molecule is Fc1ccc(NN=Cc2ccc3nccnc3c2)cc1Cl. The molecule has 4 nitrogen and oxygen atoms in total. The summed E-state index contributed by atoms with van der Waals surface area (Å²) in [5, 5.41) is 4.14. The standard InChI is InChI=1S/C15H10ClFN4/c16-12-8-11(2-3-13(12)17)21-20-9-10-1-4-14-15(7-10)19-6-5-18-14/h1-9,21H. The number of nitrogens with zero attached hydrogens (tertiary/aromatic N) is 3. The van der Waals surface area contributed by atoms with E-state index in [1.807, 2.05) is 18.2 Å². The first-order valence-electron chi connectivity index (χ1n) is 6.17. The second-order valence-electron chi connectivity index (χ2n) is 4.30. The maximum atomic E-state index is 13.0. The molecule has 0 radical (unpaired) electrons. The molecule has 1 heterocycles. The van der Waals surface area contributed by atoms with E-state index in [0.29, 0.717) is 5.69 Å². The highest BCUT2D eigenvalue weighted by Gasteiger charge is 1.99. The molecule has 0 aliphatic carbocycles. The van der Waals surface area contributed by atoms with E-state index in [4.69, 9.17) is 11.6 Å². The first-order chi connectivity index (χ1) is 10.2. The molecule has 0 amide bonds. The molecule has 0 aliphatic heterocycles. The summed E-state index contributed by atoms with van der Waals surface area (Å²) in [7, 11) is 0. The van der Waals surface area contributed by atoms with Crippen molar-refractivity contribution in [1.82, 2.24) is 9.97 Å². The number of nitrogens with one attached hydrogen (secondary N) is 1. The van der Waals surface area contributed by atoms with E-state index in [1.165, 1.54) is 12.1 Å². The third-order valence-electron chi connectivity index (χ3n) is 2.82. The molecule has 2 aromatic carbocycles. The van der Waals surface area contributed by atoms with E-state index < -0.39 is 5.82 Å². The van der Waals surface area contributed by atoms with Crippen LogP contribution in [0, 0.1) is 5.82 Å². The average molecular weight is 301 g/mol. The molecule has 104 valence electrons. The van der Waals surface area contributed by atoms with Crippen LogP contribution in [0.1, 0.15) is 5.56 Å². The average Bonchev–Trinajstić information content (AvgIpc) is 2.51. The lowest BCUT2D eigenvalue weighted by Crippen LogP contribution is -1.92. The Morgan fingerprint density at radius 2 is 1.86 bits per heavy atom. The van der Waals surface area contributed by atoms with Crippen LogP contribution in [-0.2, 0) is 0 Å². The summed E-state index contributed by atoms with van der Waals surface area (Å²) in [6.07, 6.45) is 4.93. The van der Waals surface area contributed by atoms with Gasteiger partial charge in [0.1, 0.15) is 5.82 Å². The lowest BCUT2D eigenvalue weighted by Gasteiger charge is -2.01. The number of anilines is 1. The van der Waals surface area contributed by atoms with Crippen LogP contribution in [0.4, 0.5) is 10.1 Å². The lowest BCUT2D eigenvalue weighted by atomic mass is 10.2. The van der Waals surface area contributed by atoms with Gasteiger partial charge in [0.15, 0.2) is 0 Å². The molecule has 3 rings (SSSR count). The van der Waals surface area contributed by atoms with E-state index in [-0.39, 0.29) is 5.02 Å². The summed E-state index contributed by atoms with van der Waals surface area (Å²) in [6, 6.07) is 9.96. The minimum absolute atomic E-state index is 0.0520. The molecular weight excluding hydrogens is 291 g/mol. The third-order valence-corrected chi connectivity index (χ3v) is 3.11. The van der Waals surface area contributed by atoms with Gasteiger partial charge in [0.05, 0.1) is 28.0 Å². The number of aromatic nitrogens is 2. The van der Waals surface area contributed by atoms with Gasteiger partial charge in [-0.3, -0.25) is 15.4 Å². The van der Waals surface area contributed by atoms with E-state index >= 15 is 0 Å². The molecule has 0 saturated carbocycles. The van der Waals surface area contributed by atoms with Gasteiger partial charge >= 0.3 is 0 Å². The fourth-order valence-corrected chi connectivity index (χ4v) is 1.99. The first kappa shape index (κ1) is 13.5. The fourth-order valence-electron chi connectivity index (χ4n) is 1.81. The minimum atomic E-state index is -0.459. The van der Waals surface area contributed by atoms with Crippen LogP contribution in [0.25, 0.3) is 11.0 Å². The van der Waals surface area contributed by atoms with Crippen molar-refractivity contribution in [3.8, 4) is 0 Å². The van der Waals surface area contributed by atoms with Crippen LogP contribution >= 0.6 is 11.6 Å². The zero-order valence-corrected chi connectivity index (χ0v) is 11.5. The lowest BCUT2D eigenvalue weighted by molar-refractivity contribution is 0.628. The largest absolute Gasteiger partial charge is 0.278 e. The maximum Gasteiger partial charge on any atom is 0.141 e. The van der Waals surface area contributed by atoms with Gasteiger partial charge in [-0.25, -0.2) is 4.39 Å². The minimum Gasteiger partial charge on any atom is -0.278 e. The zero-order valence-electron chi connectivity index (χ0n) is 10.8. The Morgan fingerprint density at radius 1 is 1.05 bits per heavy atom. The molecular formula is C15H10ClFN4. The van der Waals surface area contributed by atoms with Crippen LogP contribution in [0.2, 0.25) is 5.02 Å². The topological polar surface area (TPSA) is 50.2 Å². The van der Waals surface area contributed by atoms with Gasteiger partial charge < -0.3 is 0 Å². The number of halogens is 2. The van der Waals surface area contributed by atoms with Gasteiger partial charge in [-0.1, -0.05) is 17.7 Å². The van der Waals surface area contributed by atoms with Gasteiger partial charge in [0.25, 0.3) is 0 Å². The molecule has 0 spiro atoms. The van der Waals surface area contributed by atoms with Gasteiger partial charge in [0.2, 0.25) is 0 Å². The van der Waals surface area contributed by atoms with E-state index in [1.54, 1.807) is 24.7 Å². The highest BCUT2D eigenvalue weighted by molar-refractivity contribution is 6.31. The quantitative estimate of drug-likeness (QED) is 0.590. The van der Waals surface area contributed by atoms with E-state index in [9.17, 15) is 4.39 Å². The fraction of sp³-hybridized carbons (Fsp3) is 0. The summed E-state index contributed by atoms with van der Waals surface area (Å²) >= 11 is 5.69. The molecule has 6 heteroatoms. The molecule has 21 heavy (non-hydrogen) atoms. The normalized spacial score (nSPS) is 11.1. The summed E-state index contributed by atoms with van der Waals surface area (Å²) < 4.78 is 13.0. The number of benzene rings is 2. The Hall–Kier alpha value is -2.53. The first-order valence-corrected chi connectivity index (χ1v) is 6.55. The van der Waals surface area contributed by atoms with Gasteiger partial charge in [-0.2, -0.15) is 5.10 Å². The van der Waals surface area contributed by atoms with Crippen molar-refractivity contribution in [2.75, 3.05) is 5.43 Å². The van der Waals surface area contributed by atoms with Crippen LogP contribution in [0.5, 0.6) is 0 Å². The van der Waals surface area contributed by atoms with Crippen molar-refractivity contribution < 1.29 is 4.39 Å². The Labute approximate surface area is 125 Å². The van der Waals surface area contributed by atoms with Crippen molar-refractivity contribution in [2.24, 2.45) is 5.10 Å². The maximum absolute atomic E-state index is 13.0. The number of hydrazone groups is 1. The Kier molecular flexibility index (Phi) is 3.75. The monoisotopic (exact) mass is 300 g/mol. The molecule has 0 bridgehead atoms. The predicted molar refractivity (Wildman–Crippen MR) is 82.2 cm³/mol. The van der Waals surface area contributed by atoms with Crippen LogP contribution in [0.15, 0.2) is 53.9 Å². The second kappa shape index (κ2) is 5.85. The van der Waals surface area contributed by atoms with Gasteiger partial charge in [-0.05, 0) is 35.9 Å². The van der Waals surface area contributed by atoms with Gasteiger partial charge in [-0.15, -0.1) is 0 Å². The van der Waals surface area contributed by atoms with Crippen LogP contribution in [-0.4, -0.2) is 16.2 Å². The molecule has 0 saturated heterocycles. The molecule has 0 aliphatic rings. The Balaban J connectivity index is 1.76. The molecule has 1 N–H and O–H groups in total. The van der Waals surface area contributed by atoms with E-state index in [2.05, 4.69) is 20.5 Å². The van der Waals surface area contributed by atoms with Gasteiger partial charge in [0, 0.05) is 12.4 Å². The van der Waals surface area contributed by atoms with Crippen molar-refractivity contribution in [3.63, 3.8) is 0 Å². The van der Waals surface area contributed by atoms with Crippen LogP contribution in [0.3, 0.4) is 0 Å². The van der Waals surface area contributed by atoms with Crippen molar-refractivity contribution >= 4 is 34.5 Å². The van der Waals surface area contributed by atoms with Crippen molar-refractivity contribution in [1.29, 1.82) is 0 Å². The molecule has 1 aromatic heterocycles. The number of rotatable bonds is 3. The number of fused-ring (bicyclic) bond motifs is 1. The number of hydrogen-bond donors (Lipinski definition) is 1. The highest BCUT2D eigenvalue weighted by atomic mass is 35.5. The summed E-state index contributed by atoms with van der Waals surface area (Å²) in [5.41, 5.74) is 5.90. The molecule has 3 aromatic rings. The molecule has 0 fully saturated rings. The van der Waals surface area contributed by atoms with Crippen molar-refractivity contribution in [2.45, 2.75) is 0 Å². The highest BCUT2D eigenvalue weighted by Crippen LogP contribution is 2.19. The van der Waals surface area contributed by atoms with Crippen molar-refractivity contribution in [3.05, 3.63) is 65.2 Å². The summed E-state index contributed by atoms with van der Waals surface area (Å²) in [6.45, 7) is 0. The second-order valence-corrected chi connectivity index (χ2v) is 4.71. The Bertz CT molecular complexity index is 820. The zero-order chi connectivity index (χ0) is 14.7. The van der Waals surface area contributed by atoms with E-state index in [0.717, 1.165) is 16.6 Å². The summed E-state index contributed by atoms with van der Waals surface area (Å²) in [4.78, 5) is 8.42. The smallest absolute Gasteiger partial charge is 0.141 e. The molecule has 0 unspecified atom stereocenters. The third kappa shape index (κ3) is 3.14. The predicted octanol–water partition coefficient (Wildman–Crippen LogP) is 3.87.